The summed E-state index contributed by atoms with van der Waals surface area (Å²) < 4.78 is 0. The maximum atomic E-state index is 9.66. The van der Waals surface area contributed by atoms with Crippen molar-refractivity contribution in [2.75, 3.05) is 11.5 Å². The molecule has 0 aromatic heterocycles. The van der Waals surface area contributed by atoms with Gasteiger partial charge in [-0.25, -0.2) is 0 Å². The van der Waals surface area contributed by atoms with Crippen molar-refractivity contribution in [3.63, 3.8) is 0 Å². The van der Waals surface area contributed by atoms with Gasteiger partial charge in [-0.1, -0.05) is 52.4 Å². The van der Waals surface area contributed by atoms with Gasteiger partial charge in [-0.05, 0) is 18.6 Å². The van der Waals surface area contributed by atoms with Crippen LogP contribution >= 0.6 is 11.8 Å². The molecule has 1 nitrogen and oxygen atoms in total. The molecule has 0 bridgehead atoms. The van der Waals surface area contributed by atoms with Gasteiger partial charge in [0.2, 0.25) is 0 Å². The van der Waals surface area contributed by atoms with Gasteiger partial charge in [-0.2, -0.15) is 11.8 Å². The van der Waals surface area contributed by atoms with E-state index in [0.717, 1.165) is 12.2 Å². The predicted octanol–water partition coefficient (Wildman–Crippen LogP) is 4.24. The second-order valence-corrected chi connectivity index (χ2v) is 5.44. The van der Waals surface area contributed by atoms with Crippen molar-refractivity contribution in [2.24, 2.45) is 0 Å². The van der Waals surface area contributed by atoms with Crippen LogP contribution in [-0.2, 0) is 0 Å². The first-order chi connectivity index (χ1) is 7.31. The molecule has 1 unspecified atom stereocenters. The summed E-state index contributed by atoms with van der Waals surface area (Å²) in [7, 11) is 0. The van der Waals surface area contributed by atoms with Crippen LogP contribution in [0, 0.1) is 0 Å². The standard InChI is InChI=1S/C13H28OS/c1-3-5-6-7-8-9-10-13(14)12-15-11-4-2/h13-14H,3-12H2,1-2H3. The molecule has 0 saturated heterocycles. The second kappa shape index (κ2) is 12.4. The van der Waals surface area contributed by atoms with Gasteiger partial charge in [0.25, 0.3) is 0 Å². The first-order valence-electron chi connectivity index (χ1n) is 6.57. The molecular weight excluding hydrogens is 204 g/mol. The van der Waals surface area contributed by atoms with E-state index in [0.29, 0.717) is 0 Å². The third-order valence-corrected chi connectivity index (χ3v) is 3.87. The Hall–Kier alpha value is 0.310. The van der Waals surface area contributed by atoms with Crippen LogP contribution in [0.2, 0.25) is 0 Å². The zero-order valence-electron chi connectivity index (χ0n) is 10.5. The first kappa shape index (κ1) is 15.3. The number of thioether (sulfide) groups is 1. The van der Waals surface area contributed by atoms with E-state index in [-0.39, 0.29) is 6.10 Å². The summed E-state index contributed by atoms with van der Waals surface area (Å²) in [6.07, 6.45) is 10.1. The molecule has 0 aliphatic heterocycles. The highest BCUT2D eigenvalue weighted by molar-refractivity contribution is 7.99. The molecule has 1 N–H and O–H groups in total. The van der Waals surface area contributed by atoms with Crippen LogP contribution in [-0.4, -0.2) is 22.7 Å². The minimum atomic E-state index is -0.0623. The lowest BCUT2D eigenvalue weighted by Crippen LogP contribution is -2.09. The molecule has 0 saturated carbocycles. The zero-order valence-corrected chi connectivity index (χ0v) is 11.3. The van der Waals surface area contributed by atoms with Crippen molar-refractivity contribution in [3.8, 4) is 0 Å². The van der Waals surface area contributed by atoms with Crippen LogP contribution < -0.4 is 0 Å². The number of aliphatic hydroxyl groups excluding tert-OH is 1. The maximum Gasteiger partial charge on any atom is 0.0630 e. The maximum absolute atomic E-state index is 9.66. The molecule has 0 amide bonds. The van der Waals surface area contributed by atoms with Crippen LogP contribution in [0.15, 0.2) is 0 Å². The minimum absolute atomic E-state index is 0.0623. The Labute approximate surface area is 100 Å². The summed E-state index contributed by atoms with van der Waals surface area (Å²) in [4.78, 5) is 0. The number of hydrogen-bond donors (Lipinski definition) is 1. The van der Waals surface area contributed by atoms with E-state index in [1.807, 2.05) is 11.8 Å². The summed E-state index contributed by atoms with van der Waals surface area (Å²) in [6, 6.07) is 0. The van der Waals surface area contributed by atoms with Crippen molar-refractivity contribution in [3.05, 3.63) is 0 Å². The van der Waals surface area contributed by atoms with E-state index in [1.165, 1.54) is 50.7 Å². The van der Waals surface area contributed by atoms with Crippen LogP contribution in [0.3, 0.4) is 0 Å². The van der Waals surface area contributed by atoms with Gasteiger partial charge in [0.05, 0.1) is 6.10 Å². The molecule has 0 spiro atoms. The Morgan fingerprint density at radius 3 is 2.27 bits per heavy atom. The van der Waals surface area contributed by atoms with Gasteiger partial charge in [-0.15, -0.1) is 0 Å². The number of rotatable bonds is 11. The molecule has 0 fully saturated rings. The van der Waals surface area contributed by atoms with Crippen LogP contribution in [0.5, 0.6) is 0 Å². The lowest BCUT2D eigenvalue weighted by Gasteiger charge is -2.09. The summed E-state index contributed by atoms with van der Waals surface area (Å²) >= 11 is 1.88. The molecule has 92 valence electrons. The number of hydrogen-bond acceptors (Lipinski definition) is 2. The van der Waals surface area contributed by atoms with Gasteiger partial charge in [-0.3, -0.25) is 0 Å². The second-order valence-electron chi connectivity index (χ2n) is 4.29. The Morgan fingerprint density at radius 2 is 1.60 bits per heavy atom. The highest BCUT2D eigenvalue weighted by atomic mass is 32.2. The van der Waals surface area contributed by atoms with Gasteiger partial charge in [0, 0.05) is 5.75 Å². The fraction of sp³-hybridized carbons (Fsp3) is 1.00. The Bertz CT molecular complexity index is 117. The molecule has 0 radical (unpaired) electrons. The van der Waals surface area contributed by atoms with Crippen molar-refractivity contribution in [2.45, 2.75) is 71.3 Å². The summed E-state index contributed by atoms with van der Waals surface area (Å²) in [6.45, 7) is 4.43. The monoisotopic (exact) mass is 232 g/mol. The molecule has 2 heteroatoms. The van der Waals surface area contributed by atoms with Crippen molar-refractivity contribution in [1.82, 2.24) is 0 Å². The van der Waals surface area contributed by atoms with Gasteiger partial charge in [0.1, 0.15) is 0 Å². The Morgan fingerprint density at radius 1 is 0.933 bits per heavy atom. The third kappa shape index (κ3) is 12.2. The van der Waals surface area contributed by atoms with E-state index < -0.39 is 0 Å². The Balaban J connectivity index is 3.06. The highest BCUT2D eigenvalue weighted by Gasteiger charge is 2.03. The van der Waals surface area contributed by atoms with E-state index in [4.69, 9.17) is 0 Å². The van der Waals surface area contributed by atoms with E-state index in [1.54, 1.807) is 0 Å². The molecule has 0 aromatic carbocycles. The summed E-state index contributed by atoms with van der Waals surface area (Å²) in [5, 5.41) is 9.66. The summed E-state index contributed by atoms with van der Waals surface area (Å²) in [5.74, 6) is 2.12. The molecule has 1 atom stereocenters. The van der Waals surface area contributed by atoms with Crippen LogP contribution in [0.25, 0.3) is 0 Å². The SMILES string of the molecule is CCCCCCCCC(O)CSCCC. The third-order valence-electron chi connectivity index (χ3n) is 2.55. The lowest BCUT2D eigenvalue weighted by atomic mass is 10.1. The highest BCUT2D eigenvalue weighted by Crippen LogP contribution is 2.12. The lowest BCUT2D eigenvalue weighted by molar-refractivity contribution is 0.185. The minimum Gasteiger partial charge on any atom is -0.392 e. The van der Waals surface area contributed by atoms with Crippen LogP contribution in [0.1, 0.15) is 65.2 Å². The molecule has 0 aliphatic rings. The van der Waals surface area contributed by atoms with Crippen molar-refractivity contribution < 1.29 is 5.11 Å². The van der Waals surface area contributed by atoms with E-state index in [2.05, 4.69) is 13.8 Å². The van der Waals surface area contributed by atoms with E-state index in [9.17, 15) is 5.11 Å². The molecule has 15 heavy (non-hydrogen) atoms. The molecule has 0 rings (SSSR count). The van der Waals surface area contributed by atoms with Crippen LogP contribution in [0.4, 0.5) is 0 Å². The van der Waals surface area contributed by atoms with Crippen molar-refractivity contribution in [1.29, 1.82) is 0 Å². The van der Waals surface area contributed by atoms with E-state index >= 15 is 0 Å². The van der Waals surface area contributed by atoms with Gasteiger partial charge >= 0.3 is 0 Å². The average Bonchev–Trinajstić information content (AvgIpc) is 2.23. The van der Waals surface area contributed by atoms with Gasteiger partial charge < -0.3 is 5.11 Å². The molecular formula is C13H28OS. The van der Waals surface area contributed by atoms with Crippen molar-refractivity contribution >= 4 is 11.8 Å². The molecule has 0 aromatic rings. The zero-order chi connectivity index (χ0) is 11.4. The normalized spacial score (nSPS) is 13.0. The van der Waals surface area contributed by atoms with Gasteiger partial charge in [0.15, 0.2) is 0 Å². The average molecular weight is 232 g/mol. The fourth-order valence-electron chi connectivity index (χ4n) is 1.61. The quantitative estimate of drug-likeness (QED) is 0.538. The Kier molecular flexibility index (Phi) is 12.6. The summed E-state index contributed by atoms with van der Waals surface area (Å²) in [5.41, 5.74) is 0. The topological polar surface area (TPSA) is 20.2 Å². The first-order valence-corrected chi connectivity index (χ1v) is 7.72. The molecule has 0 heterocycles. The molecule has 0 aliphatic carbocycles. The number of aliphatic hydroxyl groups is 1. The fourth-order valence-corrected chi connectivity index (χ4v) is 2.50. The largest absolute Gasteiger partial charge is 0.392 e. The smallest absolute Gasteiger partial charge is 0.0630 e. The number of unbranched alkanes of at least 4 members (excludes halogenated alkanes) is 5. The predicted molar refractivity (Wildman–Crippen MR) is 71.6 cm³/mol.